The number of allylic oxidation sites excluding steroid dienone is 1. The van der Waals surface area contributed by atoms with Crippen LogP contribution in [0, 0.1) is 5.41 Å². The van der Waals surface area contributed by atoms with Gasteiger partial charge in [-0.3, -0.25) is 4.79 Å². The van der Waals surface area contributed by atoms with Crippen LogP contribution in [-0.2, 0) is 9.53 Å². The highest BCUT2D eigenvalue weighted by molar-refractivity contribution is 5.66. The Morgan fingerprint density at radius 3 is 2.69 bits per heavy atom. The Bertz CT molecular complexity index is 302. The van der Waals surface area contributed by atoms with Crippen LogP contribution in [0.4, 0.5) is 0 Å². The fraction of sp³-hybridized carbons (Fsp3) is 0.769. The van der Waals surface area contributed by atoms with Gasteiger partial charge in [-0.1, -0.05) is 20.8 Å². The Labute approximate surface area is 97.5 Å². The van der Waals surface area contributed by atoms with Crippen molar-refractivity contribution in [2.75, 3.05) is 0 Å². The molecule has 1 N–H and O–H groups in total. The molecule has 0 aliphatic heterocycles. The van der Waals surface area contributed by atoms with Crippen molar-refractivity contribution in [2.45, 2.75) is 59.5 Å². The molecule has 0 bridgehead atoms. The lowest BCUT2D eigenvalue weighted by Gasteiger charge is -2.35. The topological polar surface area (TPSA) is 46.5 Å². The van der Waals surface area contributed by atoms with E-state index >= 15 is 0 Å². The molecule has 1 aliphatic rings. The molecule has 1 unspecified atom stereocenters. The molecule has 0 radical (unpaired) electrons. The number of aliphatic hydroxyl groups excluding tert-OH is 1. The van der Waals surface area contributed by atoms with E-state index in [0.29, 0.717) is 12.2 Å². The fourth-order valence-corrected chi connectivity index (χ4v) is 2.25. The lowest BCUT2D eigenvalue weighted by molar-refractivity contribution is -0.145. The summed E-state index contributed by atoms with van der Waals surface area (Å²) in [7, 11) is 0. The van der Waals surface area contributed by atoms with Crippen LogP contribution >= 0.6 is 0 Å². The predicted octanol–water partition coefficient (Wildman–Crippen LogP) is 3.35. The third-order valence-electron chi connectivity index (χ3n) is 3.43. The van der Waals surface area contributed by atoms with E-state index in [1.54, 1.807) is 0 Å². The molecule has 0 aromatic heterocycles. The molecule has 1 aliphatic carbocycles. The number of carbonyl (C=O) groups is 1. The van der Waals surface area contributed by atoms with Crippen molar-refractivity contribution in [1.29, 1.82) is 0 Å². The highest BCUT2D eigenvalue weighted by atomic mass is 16.5. The first-order valence-electron chi connectivity index (χ1n) is 5.98. The fourth-order valence-electron chi connectivity index (χ4n) is 2.25. The smallest absolute Gasteiger partial charge is 0.303 e. The minimum absolute atomic E-state index is 0.107. The number of carbonyl (C=O) groups excluding carboxylic acids is 1. The number of rotatable bonds is 3. The van der Waals surface area contributed by atoms with E-state index < -0.39 is 0 Å². The first-order valence-corrected chi connectivity index (χ1v) is 5.98. The number of esters is 1. The Kier molecular flexibility index (Phi) is 4.00. The van der Waals surface area contributed by atoms with Gasteiger partial charge < -0.3 is 9.84 Å². The molecule has 3 nitrogen and oxygen atoms in total. The van der Waals surface area contributed by atoms with Crippen molar-refractivity contribution in [1.82, 2.24) is 0 Å². The van der Waals surface area contributed by atoms with Gasteiger partial charge in [-0.25, -0.2) is 0 Å². The number of ether oxygens (including phenoxy) is 1. The molecule has 16 heavy (non-hydrogen) atoms. The zero-order chi connectivity index (χ0) is 12.3. The molecule has 1 atom stereocenters. The molecule has 0 aromatic carbocycles. The minimum Gasteiger partial charge on any atom is -0.512 e. The van der Waals surface area contributed by atoms with E-state index in [4.69, 9.17) is 4.74 Å². The molecule has 92 valence electrons. The zero-order valence-corrected chi connectivity index (χ0v) is 10.7. The first kappa shape index (κ1) is 13.1. The quantitative estimate of drug-likeness (QED) is 0.751. The van der Waals surface area contributed by atoms with Crippen LogP contribution in [0.25, 0.3) is 0 Å². The van der Waals surface area contributed by atoms with Crippen LogP contribution < -0.4 is 0 Å². The molecule has 0 saturated heterocycles. The van der Waals surface area contributed by atoms with Crippen LogP contribution in [-0.4, -0.2) is 17.2 Å². The number of aliphatic hydroxyl groups is 1. The molecule has 0 fully saturated rings. The van der Waals surface area contributed by atoms with Gasteiger partial charge in [-0.15, -0.1) is 0 Å². The highest BCUT2D eigenvalue weighted by Crippen LogP contribution is 2.40. The van der Waals surface area contributed by atoms with E-state index in [2.05, 4.69) is 20.8 Å². The molecule has 0 amide bonds. The van der Waals surface area contributed by atoms with Crippen LogP contribution in [0.15, 0.2) is 11.3 Å². The Morgan fingerprint density at radius 1 is 1.56 bits per heavy atom. The Hall–Kier alpha value is -0.990. The van der Waals surface area contributed by atoms with Crippen molar-refractivity contribution in [2.24, 2.45) is 5.41 Å². The molecule has 3 heteroatoms. The maximum Gasteiger partial charge on any atom is 0.303 e. The third kappa shape index (κ3) is 2.77. The second-order valence-electron chi connectivity index (χ2n) is 5.09. The van der Waals surface area contributed by atoms with Crippen molar-refractivity contribution in [3.8, 4) is 0 Å². The van der Waals surface area contributed by atoms with E-state index in [0.717, 1.165) is 24.8 Å². The van der Waals surface area contributed by atoms with Gasteiger partial charge in [0, 0.05) is 18.9 Å². The van der Waals surface area contributed by atoms with E-state index in [9.17, 15) is 9.90 Å². The van der Waals surface area contributed by atoms with Crippen molar-refractivity contribution < 1.29 is 14.6 Å². The van der Waals surface area contributed by atoms with Crippen LogP contribution in [0.2, 0.25) is 0 Å². The lowest BCUT2D eigenvalue weighted by atomic mass is 9.74. The summed E-state index contributed by atoms with van der Waals surface area (Å²) in [5, 5.41) is 10.0. The van der Waals surface area contributed by atoms with Gasteiger partial charge in [0.1, 0.15) is 6.10 Å². The summed E-state index contributed by atoms with van der Waals surface area (Å²) < 4.78 is 5.31. The van der Waals surface area contributed by atoms with E-state index in [1.165, 1.54) is 6.92 Å². The molecular weight excluding hydrogens is 204 g/mol. The van der Waals surface area contributed by atoms with Gasteiger partial charge in [0.2, 0.25) is 0 Å². The van der Waals surface area contributed by atoms with Crippen LogP contribution in [0.5, 0.6) is 0 Å². The van der Waals surface area contributed by atoms with Crippen molar-refractivity contribution >= 4 is 5.97 Å². The predicted molar refractivity (Wildman–Crippen MR) is 63.1 cm³/mol. The summed E-state index contributed by atoms with van der Waals surface area (Å²) in [6.07, 6.45) is 3.09. The largest absolute Gasteiger partial charge is 0.512 e. The van der Waals surface area contributed by atoms with Gasteiger partial charge in [-0.2, -0.15) is 0 Å². The summed E-state index contributed by atoms with van der Waals surface area (Å²) in [4.78, 5) is 11.1. The third-order valence-corrected chi connectivity index (χ3v) is 3.43. The van der Waals surface area contributed by atoms with E-state index in [-0.39, 0.29) is 17.5 Å². The van der Waals surface area contributed by atoms with Crippen molar-refractivity contribution in [3.63, 3.8) is 0 Å². The zero-order valence-electron chi connectivity index (χ0n) is 10.7. The first-order chi connectivity index (χ1) is 7.38. The van der Waals surface area contributed by atoms with Crippen molar-refractivity contribution in [3.05, 3.63) is 11.3 Å². The standard InChI is InChI=1S/C13H22O3/c1-5-13(3,4)12-10(15)7-6-8-11(12)16-9(2)14/h11,15H,5-8H2,1-4H3. The number of hydrogen-bond donors (Lipinski definition) is 1. The molecule has 0 saturated carbocycles. The molecule has 0 spiro atoms. The van der Waals surface area contributed by atoms with Gasteiger partial charge >= 0.3 is 5.97 Å². The Balaban J connectivity index is 3.00. The van der Waals surface area contributed by atoms with Gasteiger partial charge in [0.15, 0.2) is 0 Å². The monoisotopic (exact) mass is 226 g/mol. The SMILES string of the molecule is CCC(C)(C)C1=C(O)CCCC1OC(C)=O. The minimum atomic E-state index is -0.274. The summed E-state index contributed by atoms with van der Waals surface area (Å²) in [6.45, 7) is 7.67. The second kappa shape index (κ2) is 4.89. The summed E-state index contributed by atoms with van der Waals surface area (Å²) >= 11 is 0. The van der Waals surface area contributed by atoms with Gasteiger partial charge in [0.25, 0.3) is 0 Å². The maximum absolute atomic E-state index is 11.1. The van der Waals surface area contributed by atoms with E-state index in [1.807, 2.05) is 0 Å². The normalized spacial score (nSPS) is 22.1. The second-order valence-corrected chi connectivity index (χ2v) is 5.09. The van der Waals surface area contributed by atoms with Gasteiger partial charge in [0.05, 0.1) is 5.76 Å². The van der Waals surface area contributed by atoms with Crippen LogP contribution in [0.1, 0.15) is 53.4 Å². The van der Waals surface area contributed by atoms with Gasteiger partial charge in [-0.05, 0) is 24.7 Å². The molecule has 0 heterocycles. The van der Waals surface area contributed by atoms with Crippen LogP contribution in [0.3, 0.4) is 0 Å². The molecule has 1 rings (SSSR count). The highest BCUT2D eigenvalue weighted by Gasteiger charge is 2.35. The average molecular weight is 226 g/mol. The summed E-state index contributed by atoms with van der Waals surface area (Å²) in [6, 6.07) is 0. The molecular formula is C13H22O3. The molecule has 0 aromatic rings. The Morgan fingerprint density at radius 2 is 2.19 bits per heavy atom. The maximum atomic E-state index is 11.1. The number of hydrogen-bond acceptors (Lipinski definition) is 3. The summed E-state index contributed by atoms with van der Waals surface area (Å²) in [5.41, 5.74) is 0.807. The average Bonchev–Trinajstić information content (AvgIpc) is 2.16. The summed E-state index contributed by atoms with van der Waals surface area (Å²) in [5.74, 6) is 0.147. The lowest BCUT2D eigenvalue weighted by Crippen LogP contribution is -2.32.